The number of hydrogen-bond acceptors (Lipinski definition) is 3. The minimum Gasteiger partial charge on any atom is -0.456 e. The highest BCUT2D eigenvalue weighted by Crippen LogP contribution is 2.55. The van der Waals surface area contributed by atoms with Crippen molar-refractivity contribution in [1.29, 1.82) is 0 Å². The van der Waals surface area contributed by atoms with Gasteiger partial charge in [-0.25, -0.2) is 0 Å². The van der Waals surface area contributed by atoms with Crippen molar-refractivity contribution in [2.75, 3.05) is 9.80 Å². The Hall–Kier alpha value is -5.22. The zero-order valence-electron chi connectivity index (χ0n) is 48.2. The summed E-state index contributed by atoms with van der Waals surface area (Å²) in [5.74, 6) is 0. The number of furan rings is 1. The summed E-state index contributed by atoms with van der Waals surface area (Å²) in [5, 5.41) is 2.43. The standard InChI is InChI=1S/C69H83BN2O/c1-40-31-46-49(68(16,17)29-27-65(46,10)11)37-53(40)72-54-35-43-59(73-58-22-20-21-45(60(43)58)63(5,6)7)39-52(54)70-51-36-48-50(69(18,19)30-28-67(48,14)15)38-55(51)71(56-32-41(62(2,3)4)33-57(72)61(56)70)42-23-24-44-47(34-42)66(12,13)26-25-64(44,8)9/h20-24,31-39H,25-30H2,1-19H3. The number of anilines is 6. The molecule has 0 bridgehead atoms. The number of aryl methyl sites for hydroxylation is 1. The Kier molecular flexibility index (Phi) is 10.0. The third-order valence-electron chi connectivity index (χ3n) is 19.8. The first kappa shape index (κ1) is 48.7. The highest BCUT2D eigenvalue weighted by atomic mass is 16.3. The zero-order valence-corrected chi connectivity index (χ0v) is 48.2. The van der Waals surface area contributed by atoms with E-state index in [1.54, 1.807) is 0 Å². The van der Waals surface area contributed by atoms with E-state index in [2.05, 4.69) is 226 Å². The Morgan fingerprint density at radius 3 is 1.48 bits per heavy atom. The number of nitrogens with zero attached hydrogens (tertiary/aromatic N) is 2. The quantitative estimate of drug-likeness (QED) is 0.161. The Balaban J connectivity index is 1.26. The minimum atomic E-state index is -0.133. The average molecular weight is 967 g/mol. The monoisotopic (exact) mass is 967 g/mol. The predicted octanol–water partition coefficient (Wildman–Crippen LogP) is 17.6. The van der Waals surface area contributed by atoms with E-state index in [1.165, 1.54) is 137 Å². The molecular formula is C69H83BN2O. The summed E-state index contributed by atoms with van der Waals surface area (Å²) in [7, 11) is 0. The molecule has 0 saturated heterocycles. The van der Waals surface area contributed by atoms with Gasteiger partial charge in [0.1, 0.15) is 11.2 Å². The van der Waals surface area contributed by atoms with Gasteiger partial charge < -0.3 is 14.2 Å². The van der Waals surface area contributed by atoms with E-state index in [-0.39, 0.29) is 50.0 Å². The van der Waals surface area contributed by atoms with Crippen molar-refractivity contribution in [3.05, 3.63) is 135 Å². The number of benzene rings is 6. The fourth-order valence-electron chi connectivity index (χ4n) is 14.6. The molecule has 3 heterocycles. The fraction of sp³-hybridized carbons (Fsp3) is 0.478. The molecule has 1 aromatic heterocycles. The summed E-state index contributed by atoms with van der Waals surface area (Å²) in [6.45, 7) is 46.4. The molecule has 7 aromatic rings. The van der Waals surface area contributed by atoms with E-state index < -0.39 is 0 Å². The first-order chi connectivity index (χ1) is 33.8. The van der Waals surface area contributed by atoms with Gasteiger partial charge in [-0.15, -0.1) is 0 Å². The normalized spacial score (nSPS) is 20.5. The Bertz CT molecular complexity index is 3520. The van der Waals surface area contributed by atoms with E-state index in [0.717, 1.165) is 24.0 Å². The molecule has 12 rings (SSSR count). The first-order valence-corrected chi connectivity index (χ1v) is 28.1. The molecule has 0 radical (unpaired) electrons. The van der Waals surface area contributed by atoms with Crippen molar-refractivity contribution in [3.63, 3.8) is 0 Å². The van der Waals surface area contributed by atoms with Crippen LogP contribution < -0.4 is 26.2 Å². The molecule has 5 aliphatic rings. The van der Waals surface area contributed by atoms with Gasteiger partial charge in [0.15, 0.2) is 0 Å². The van der Waals surface area contributed by atoms with Crippen LogP contribution in [0.3, 0.4) is 0 Å². The van der Waals surface area contributed by atoms with Crippen LogP contribution in [0.15, 0.2) is 89.3 Å². The second-order valence-electron chi connectivity index (χ2n) is 29.9. The van der Waals surface area contributed by atoms with Gasteiger partial charge in [0.05, 0.1) is 0 Å². The van der Waals surface area contributed by atoms with Crippen molar-refractivity contribution in [2.24, 2.45) is 0 Å². The lowest BCUT2D eigenvalue weighted by atomic mass is 9.33. The molecule has 0 spiro atoms. The first-order valence-electron chi connectivity index (χ1n) is 28.1. The van der Waals surface area contributed by atoms with Crippen molar-refractivity contribution in [3.8, 4) is 0 Å². The summed E-state index contributed by atoms with van der Waals surface area (Å²) < 4.78 is 7.13. The molecule has 0 atom stereocenters. The maximum absolute atomic E-state index is 7.13. The van der Waals surface area contributed by atoms with Crippen LogP contribution in [0, 0.1) is 6.92 Å². The van der Waals surface area contributed by atoms with E-state index in [4.69, 9.17) is 4.42 Å². The SMILES string of the molecule is Cc1cc2c(cc1N1c3cc4c(cc3B3c5cc6c(cc5N(c5ccc7c(c5)C(C)(C)CCC7(C)C)c5cc(C(C)(C)C)cc1c53)C(C)(C)CCC6(C)C)oc1cccc(C(C)(C)C)c14)C(C)(C)CCC2(C)C. The van der Waals surface area contributed by atoms with Crippen molar-refractivity contribution < 1.29 is 4.42 Å². The fourth-order valence-corrected chi connectivity index (χ4v) is 14.6. The summed E-state index contributed by atoms with van der Waals surface area (Å²) in [4.78, 5) is 5.47. The molecule has 0 unspecified atom stereocenters. The second-order valence-corrected chi connectivity index (χ2v) is 29.9. The van der Waals surface area contributed by atoms with Crippen LogP contribution in [-0.4, -0.2) is 6.71 Å². The summed E-state index contributed by atoms with van der Waals surface area (Å²) in [5.41, 5.74) is 26.9. The van der Waals surface area contributed by atoms with Gasteiger partial charge in [0, 0.05) is 44.9 Å². The Morgan fingerprint density at radius 1 is 0.438 bits per heavy atom. The topological polar surface area (TPSA) is 19.6 Å². The zero-order chi connectivity index (χ0) is 52.3. The molecular weight excluding hydrogens is 884 g/mol. The van der Waals surface area contributed by atoms with E-state index in [0.29, 0.717) is 0 Å². The molecule has 3 aliphatic carbocycles. The molecule has 73 heavy (non-hydrogen) atoms. The van der Waals surface area contributed by atoms with Gasteiger partial charge in [0.2, 0.25) is 0 Å². The molecule has 0 N–H and O–H groups in total. The molecule has 378 valence electrons. The average Bonchev–Trinajstić information content (AvgIpc) is 3.67. The van der Waals surface area contributed by atoms with E-state index in [9.17, 15) is 0 Å². The number of fused-ring (bicyclic) bond motifs is 10. The van der Waals surface area contributed by atoms with Crippen molar-refractivity contribution >= 4 is 79.2 Å². The van der Waals surface area contributed by atoms with Gasteiger partial charge in [-0.1, -0.05) is 155 Å². The lowest BCUT2D eigenvalue weighted by Gasteiger charge is -2.48. The molecule has 0 fully saturated rings. The lowest BCUT2D eigenvalue weighted by molar-refractivity contribution is 0.332. The summed E-state index contributed by atoms with van der Waals surface area (Å²) in [6.07, 6.45) is 7.05. The Morgan fingerprint density at radius 2 is 0.918 bits per heavy atom. The maximum Gasteiger partial charge on any atom is 0.252 e. The van der Waals surface area contributed by atoms with Crippen LogP contribution in [0.25, 0.3) is 21.9 Å². The van der Waals surface area contributed by atoms with Crippen LogP contribution >= 0.6 is 0 Å². The van der Waals surface area contributed by atoms with Gasteiger partial charge in [0.25, 0.3) is 6.71 Å². The van der Waals surface area contributed by atoms with E-state index in [1.807, 2.05) is 0 Å². The third-order valence-corrected chi connectivity index (χ3v) is 19.8. The predicted molar refractivity (Wildman–Crippen MR) is 316 cm³/mol. The van der Waals surface area contributed by atoms with Crippen LogP contribution in [0.2, 0.25) is 0 Å². The highest BCUT2D eigenvalue weighted by molar-refractivity contribution is 7.00. The van der Waals surface area contributed by atoms with Crippen LogP contribution in [0.1, 0.15) is 213 Å². The molecule has 6 aromatic carbocycles. The largest absolute Gasteiger partial charge is 0.456 e. The van der Waals surface area contributed by atoms with Gasteiger partial charge in [-0.3, -0.25) is 0 Å². The van der Waals surface area contributed by atoms with Gasteiger partial charge >= 0.3 is 0 Å². The number of hydrogen-bond donors (Lipinski definition) is 0. The Labute approximate surface area is 439 Å². The van der Waals surface area contributed by atoms with Gasteiger partial charge in [-0.2, -0.15) is 0 Å². The molecule has 0 amide bonds. The summed E-state index contributed by atoms with van der Waals surface area (Å²) in [6, 6.07) is 35.1. The van der Waals surface area contributed by atoms with Crippen LogP contribution in [0.5, 0.6) is 0 Å². The van der Waals surface area contributed by atoms with Gasteiger partial charge in [-0.05, 0) is 210 Å². The van der Waals surface area contributed by atoms with Crippen molar-refractivity contribution in [1.82, 2.24) is 0 Å². The molecule has 2 aliphatic heterocycles. The molecule has 4 heteroatoms. The smallest absolute Gasteiger partial charge is 0.252 e. The second kappa shape index (κ2) is 15.0. The maximum atomic E-state index is 7.13. The summed E-state index contributed by atoms with van der Waals surface area (Å²) >= 11 is 0. The van der Waals surface area contributed by atoms with E-state index >= 15 is 0 Å². The molecule has 0 saturated carbocycles. The third kappa shape index (κ3) is 7.09. The van der Waals surface area contributed by atoms with Crippen molar-refractivity contribution in [2.45, 2.75) is 213 Å². The highest BCUT2D eigenvalue weighted by Gasteiger charge is 2.49. The number of rotatable bonds is 2. The lowest BCUT2D eigenvalue weighted by Crippen LogP contribution is -2.62. The van der Waals surface area contributed by atoms with Crippen LogP contribution in [0.4, 0.5) is 34.1 Å². The molecule has 3 nitrogen and oxygen atoms in total. The van der Waals surface area contributed by atoms with Crippen LogP contribution in [-0.2, 0) is 43.3 Å². The minimum absolute atomic E-state index is 0.0295.